The number of carbonyl (C=O) groups is 1. The molecule has 106 valence electrons. The van der Waals surface area contributed by atoms with Crippen LogP contribution >= 0.6 is 0 Å². The second-order valence-electron chi connectivity index (χ2n) is 4.61. The van der Waals surface area contributed by atoms with Gasteiger partial charge in [-0.15, -0.1) is 0 Å². The zero-order valence-electron chi connectivity index (χ0n) is 11.2. The van der Waals surface area contributed by atoms with Gasteiger partial charge in [0.15, 0.2) is 0 Å². The molecule has 0 aromatic heterocycles. The lowest BCUT2D eigenvalue weighted by Gasteiger charge is -2.01. The van der Waals surface area contributed by atoms with E-state index < -0.39 is 15.6 Å². The highest BCUT2D eigenvalue weighted by Gasteiger charge is 2.38. The van der Waals surface area contributed by atoms with Crippen LogP contribution in [-0.2, 0) is 9.84 Å². The molecular formula is C16H12O4S. The Labute approximate surface area is 122 Å². The third kappa shape index (κ3) is 2.15. The number of hydrogen-bond donors (Lipinski definition) is 0. The Kier molecular flexibility index (Phi) is 3.14. The number of allylic oxidation sites excluding steroid dienone is 1. The maximum absolute atomic E-state index is 12.4. The molecule has 1 aliphatic heterocycles. The second-order valence-corrected chi connectivity index (χ2v) is 6.50. The summed E-state index contributed by atoms with van der Waals surface area (Å²) >= 11 is 0. The lowest BCUT2D eigenvalue weighted by Crippen LogP contribution is -2.02. The summed E-state index contributed by atoms with van der Waals surface area (Å²) in [6, 6.07) is 13.1. The van der Waals surface area contributed by atoms with E-state index in [1.165, 1.54) is 18.2 Å². The van der Waals surface area contributed by atoms with Gasteiger partial charge < -0.3 is 4.74 Å². The summed E-state index contributed by atoms with van der Waals surface area (Å²) in [5.74, 6) is 0.211. The number of hydrogen-bond acceptors (Lipinski definition) is 4. The highest BCUT2D eigenvalue weighted by atomic mass is 32.2. The molecule has 4 nitrogen and oxygen atoms in total. The normalized spacial score (nSPS) is 17.8. The fourth-order valence-electron chi connectivity index (χ4n) is 2.26. The van der Waals surface area contributed by atoms with E-state index in [4.69, 9.17) is 4.74 Å². The van der Waals surface area contributed by atoms with Crippen molar-refractivity contribution >= 4 is 21.7 Å². The second kappa shape index (κ2) is 4.86. The zero-order valence-corrected chi connectivity index (χ0v) is 12.1. The quantitative estimate of drug-likeness (QED) is 0.800. The van der Waals surface area contributed by atoms with Crippen LogP contribution in [0.4, 0.5) is 0 Å². The van der Waals surface area contributed by atoms with Gasteiger partial charge in [0.2, 0.25) is 15.6 Å². The highest BCUT2D eigenvalue weighted by Crippen LogP contribution is 2.34. The molecule has 21 heavy (non-hydrogen) atoms. The van der Waals surface area contributed by atoms with Crippen molar-refractivity contribution in [3.63, 3.8) is 0 Å². The minimum Gasteiger partial charge on any atom is -0.497 e. The van der Waals surface area contributed by atoms with Crippen LogP contribution in [0.3, 0.4) is 0 Å². The first kappa shape index (κ1) is 13.6. The maximum atomic E-state index is 12.4. The van der Waals surface area contributed by atoms with Crippen molar-refractivity contribution in [2.75, 3.05) is 7.11 Å². The van der Waals surface area contributed by atoms with Crippen LogP contribution in [0.15, 0.2) is 58.3 Å². The summed E-state index contributed by atoms with van der Waals surface area (Å²) in [7, 11) is -2.18. The van der Waals surface area contributed by atoms with Crippen molar-refractivity contribution in [2.45, 2.75) is 4.90 Å². The summed E-state index contributed by atoms with van der Waals surface area (Å²) in [5, 5.41) is 0. The van der Waals surface area contributed by atoms with Gasteiger partial charge in [0, 0.05) is 5.56 Å². The Morgan fingerprint density at radius 1 is 1.00 bits per heavy atom. The van der Waals surface area contributed by atoms with Crippen LogP contribution in [-0.4, -0.2) is 21.3 Å². The summed E-state index contributed by atoms with van der Waals surface area (Å²) in [6.45, 7) is 0. The van der Waals surface area contributed by atoms with Crippen LogP contribution in [0.1, 0.15) is 15.9 Å². The average molecular weight is 300 g/mol. The SMILES string of the molecule is COc1ccc(/C=C2/C(=O)c3ccccc3S2(=O)=O)cc1. The van der Waals surface area contributed by atoms with Crippen molar-refractivity contribution in [3.05, 3.63) is 64.6 Å². The number of carbonyl (C=O) groups excluding carboxylic acids is 1. The molecule has 5 heteroatoms. The van der Waals surface area contributed by atoms with Crippen molar-refractivity contribution in [2.24, 2.45) is 0 Å². The molecule has 0 N–H and O–H groups in total. The molecule has 3 rings (SSSR count). The van der Waals surface area contributed by atoms with E-state index in [1.807, 2.05) is 0 Å². The van der Waals surface area contributed by atoms with E-state index >= 15 is 0 Å². The first-order chi connectivity index (χ1) is 10.0. The number of benzene rings is 2. The van der Waals surface area contributed by atoms with E-state index in [-0.39, 0.29) is 15.4 Å². The Bertz CT molecular complexity index is 846. The molecule has 1 heterocycles. The standard InChI is InChI=1S/C16H12O4S/c1-20-12-8-6-11(7-9-12)10-15-16(17)13-4-2-3-5-14(13)21(15,18)19/h2-10H,1H3/b15-10-. The first-order valence-corrected chi connectivity index (χ1v) is 7.77. The summed E-state index contributed by atoms with van der Waals surface area (Å²) in [6.07, 6.45) is 1.40. The van der Waals surface area contributed by atoms with E-state index in [2.05, 4.69) is 0 Å². The minimum absolute atomic E-state index is 0.0785. The number of fused-ring (bicyclic) bond motifs is 1. The molecule has 0 radical (unpaired) electrons. The van der Waals surface area contributed by atoms with Gasteiger partial charge in [-0.2, -0.15) is 0 Å². The molecule has 0 saturated heterocycles. The average Bonchev–Trinajstić information content (AvgIpc) is 2.70. The van der Waals surface area contributed by atoms with Gasteiger partial charge >= 0.3 is 0 Å². The molecule has 0 saturated carbocycles. The Morgan fingerprint density at radius 2 is 1.67 bits per heavy atom. The molecule has 1 aliphatic rings. The number of sulfone groups is 1. The van der Waals surface area contributed by atoms with Crippen molar-refractivity contribution < 1.29 is 17.9 Å². The molecule has 2 aromatic carbocycles. The van der Waals surface area contributed by atoms with Crippen LogP contribution in [0.5, 0.6) is 5.75 Å². The van der Waals surface area contributed by atoms with Gasteiger partial charge in [0.1, 0.15) is 10.7 Å². The Morgan fingerprint density at radius 3 is 2.29 bits per heavy atom. The number of methoxy groups -OCH3 is 1. The summed E-state index contributed by atoms with van der Waals surface area (Å²) < 4.78 is 29.9. The van der Waals surface area contributed by atoms with Gasteiger partial charge in [-0.1, -0.05) is 24.3 Å². The van der Waals surface area contributed by atoms with Gasteiger partial charge in [0.05, 0.1) is 12.0 Å². The van der Waals surface area contributed by atoms with Gasteiger partial charge in [-0.3, -0.25) is 4.79 Å². The molecule has 0 atom stereocenters. The van der Waals surface area contributed by atoms with Gasteiger partial charge in [-0.05, 0) is 35.9 Å². The Hall–Kier alpha value is -2.40. The number of ketones is 1. The molecular weight excluding hydrogens is 288 g/mol. The topological polar surface area (TPSA) is 60.4 Å². The van der Waals surface area contributed by atoms with Crippen molar-refractivity contribution in [1.82, 2.24) is 0 Å². The van der Waals surface area contributed by atoms with Crippen LogP contribution in [0, 0.1) is 0 Å². The smallest absolute Gasteiger partial charge is 0.211 e. The third-order valence-electron chi connectivity index (χ3n) is 3.35. The predicted molar refractivity (Wildman–Crippen MR) is 78.9 cm³/mol. The summed E-state index contributed by atoms with van der Waals surface area (Å²) in [4.78, 5) is 12.2. The molecule has 0 amide bonds. The number of rotatable bonds is 2. The van der Waals surface area contributed by atoms with Gasteiger partial charge in [0.25, 0.3) is 0 Å². The van der Waals surface area contributed by atoms with Gasteiger partial charge in [-0.25, -0.2) is 8.42 Å². The fourth-order valence-corrected chi connectivity index (χ4v) is 3.85. The lowest BCUT2D eigenvalue weighted by atomic mass is 10.1. The molecule has 2 aromatic rings. The molecule has 0 aliphatic carbocycles. The largest absolute Gasteiger partial charge is 0.497 e. The zero-order chi connectivity index (χ0) is 15.0. The lowest BCUT2D eigenvalue weighted by molar-refractivity contribution is 0.104. The molecule has 0 fully saturated rings. The van der Waals surface area contributed by atoms with Crippen LogP contribution in [0.25, 0.3) is 6.08 Å². The Balaban J connectivity index is 2.11. The first-order valence-electron chi connectivity index (χ1n) is 6.28. The van der Waals surface area contributed by atoms with Crippen LogP contribution in [0.2, 0.25) is 0 Å². The van der Waals surface area contributed by atoms with Crippen molar-refractivity contribution in [1.29, 1.82) is 0 Å². The predicted octanol–water partition coefficient (Wildman–Crippen LogP) is 2.71. The van der Waals surface area contributed by atoms with E-state index in [9.17, 15) is 13.2 Å². The highest BCUT2D eigenvalue weighted by molar-refractivity contribution is 7.97. The molecule has 0 spiro atoms. The van der Waals surface area contributed by atoms with Crippen LogP contribution < -0.4 is 4.74 Å². The van der Waals surface area contributed by atoms with E-state index in [1.54, 1.807) is 43.5 Å². The fraction of sp³-hybridized carbons (Fsp3) is 0.0625. The van der Waals surface area contributed by atoms with E-state index in [0.717, 1.165) is 0 Å². The van der Waals surface area contributed by atoms with E-state index in [0.29, 0.717) is 11.3 Å². The minimum atomic E-state index is -3.73. The van der Waals surface area contributed by atoms with Crippen molar-refractivity contribution in [3.8, 4) is 5.75 Å². The monoisotopic (exact) mass is 300 g/mol. The molecule has 0 bridgehead atoms. The molecule has 0 unspecified atom stereocenters. The summed E-state index contributed by atoms with van der Waals surface area (Å²) in [5.41, 5.74) is 0.868. The number of Topliss-reactive ketones (excluding diaryl/α,β-unsaturated/α-hetero) is 1. The third-order valence-corrected chi connectivity index (χ3v) is 5.17. The maximum Gasteiger partial charge on any atom is 0.211 e. The number of ether oxygens (including phenoxy) is 1.